The Balaban J connectivity index is 1.40. The van der Waals surface area contributed by atoms with Gasteiger partial charge >= 0.3 is 0 Å². The fraction of sp³-hybridized carbons (Fsp3) is 0.160. The van der Waals surface area contributed by atoms with Crippen LogP contribution < -0.4 is 5.32 Å². The van der Waals surface area contributed by atoms with Crippen LogP contribution in [-0.2, 0) is 0 Å². The van der Waals surface area contributed by atoms with Crippen LogP contribution >= 0.6 is 0 Å². The number of fused-ring (bicyclic) bond motifs is 3. The van der Waals surface area contributed by atoms with Gasteiger partial charge in [-0.25, -0.2) is 0 Å². The smallest absolute Gasteiger partial charge is 0.124 e. The number of aromatic hydroxyl groups is 1. The standard InChI is InChI=1S/C25H22N2O/c28-24-11-4-1-6-18(24)16-26-19-14-12-17(13-15-19)25-22-9-5-8-20(22)21-7-2-3-10-23(21)27-25/h1-8,10-16,20,22,25,27-28H,9H2. The Bertz CT molecular complexity index is 1050. The number of allylic oxidation sites excluding steroid dienone is 2. The Morgan fingerprint density at radius 2 is 1.71 bits per heavy atom. The Morgan fingerprint density at radius 1 is 0.929 bits per heavy atom. The second-order valence-corrected chi connectivity index (χ2v) is 7.47. The Morgan fingerprint density at radius 3 is 2.57 bits per heavy atom. The van der Waals surface area contributed by atoms with E-state index in [9.17, 15) is 5.11 Å². The predicted molar refractivity (Wildman–Crippen MR) is 115 cm³/mol. The van der Waals surface area contributed by atoms with Crippen LogP contribution in [0.15, 0.2) is 89.9 Å². The molecule has 3 atom stereocenters. The summed E-state index contributed by atoms with van der Waals surface area (Å²) in [7, 11) is 0. The lowest BCUT2D eigenvalue weighted by molar-refractivity contribution is 0.425. The van der Waals surface area contributed by atoms with E-state index in [1.165, 1.54) is 16.8 Å². The van der Waals surface area contributed by atoms with Gasteiger partial charge < -0.3 is 10.4 Å². The molecule has 1 heterocycles. The molecule has 3 unspecified atom stereocenters. The minimum absolute atomic E-state index is 0.243. The molecule has 138 valence electrons. The van der Waals surface area contributed by atoms with Gasteiger partial charge in [-0.2, -0.15) is 0 Å². The zero-order valence-corrected chi connectivity index (χ0v) is 15.5. The van der Waals surface area contributed by atoms with Crippen LogP contribution in [0.1, 0.15) is 35.1 Å². The van der Waals surface area contributed by atoms with Gasteiger partial charge in [-0.1, -0.05) is 54.6 Å². The molecule has 1 aliphatic heterocycles. The van der Waals surface area contributed by atoms with Crippen molar-refractivity contribution in [1.29, 1.82) is 0 Å². The van der Waals surface area contributed by atoms with Crippen molar-refractivity contribution in [2.45, 2.75) is 18.4 Å². The molecule has 0 saturated carbocycles. The van der Waals surface area contributed by atoms with E-state index in [1.54, 1.807) is 12.3 Å². The van der Waals surface area contributed by atoms with Gasteiger partial charge in [0.1, 0.15) is 5.75 Å². The number of nitrogens with zero attached hydrogens (tertiary/aromatic N) is 1. The van der Waals surface area contributed by atoms with Gasteiger partial charge in [0.2, 0.25) is 0 Å². The van der Waals surface area contributed by atoms with Crippen molar-refractivity contribution in [3.63, 3.8) is 0 Å². The molecular formula is C25H22N2O. The summed E-state index contributed by atoms with van der Waals surface area (Å²) in [5.74, 6) is 1.28. The lowest BCUT2D eigenvalue weighted by atomic mass is 9.77. The lowest BCUT2D eigenvalue weighted by Gasteiger charge is -2.37. The van der Waals surface area contributed by atoms with Crippen LogP contribution in [-0.4, -0.2) is 11.3 Å². The molecule has 0 fully saturated rings. The maximum absolute atomic E-state index is 9.86. The molecule has 2 N–H and O–H groups in total. The summed E-state index contributed by atoms with van der Waals surface area (Å²) in [6.45, 7) is 0. The molecule has 0 aromatic heterocycles. The van der Waals surface area contributed by atoms with E-state index in [2.05, 4.69) is 58.9 Å². The second-order valence-electron chi connectivity index (χ2n) is 7.47. The second kappa shape index (κ2) is 7.01. The zero-order chi connectivity index (χ0) is 18.9. The molecular weight excluding hydrogens is 344 g/mol. The molecule has 3 aromatic carbocycles. The number of phenols is 1. The predicted octanol–water partition coefficient (Wildman–Crippen LogP) is 5.97. The molecule has 28 heavy (non-hydrogen) atoms. The Kier molecular flexibility index (Phi) is 4.21. The van der Waals surface area contributed by atoms with Crippen LogP contribution in [0, 0.1) is 5.92 Å². The van der Waals surface area contributed by atoms with Gasteiger partial charge in [0.15, 0.2) is 0 Å². The third-order valence-corrected chi connectivity index (χ3v) is 5.81. The van der Waals surface area contributed by atoms with Crippen molar-refractivity contribution in [1.82, 2.24) is 0 Å². The summed E-state index contributed by atoms with van der Waals surface area (Å²) in [5.41, 5.74) is 5.53. The molecule has 0 radical (unpaired) electrons. The number of anilines is 1. The zero-order valence-electron chi connectivity index (χ0n) is 15.5. The monoisotopic (exact) mass is 366 g/mol. The first-order chi connectivity index (χ1) is 13.8. The number of aliphatic imine (C=N–C) groups is 1. The van der Waals surface area contributed by atoms with Gasteiger partial charge in [-0.3, -0.25) is 4.99 Å². The van der Waals surface area contributed by atoms with Crippen molar-refractivity contribution in [3.05, 3.63) is 102 Å². The Labute approximate surface area is 165 Å². The molecule has 3 aromatic rings. The molecule has 0 amide bonds. The number of benzene rings is 3. The van der Waals surface area contributed by atoms with Gasteiger partial charge in [0, 0.05) is 23.4 Å². The summed E-state index contributed by atoms with van der Waals surface area (Å²) < 4.78 is 0. The maximum atomic E-state index is 9.86. The lowest BCUT2D eigenvalue weighted by Crippen LogP contribution is -2.28. The van der Waals surface area contributed by atoms with E-state index < -0.39 is 0 Å². The van der Waals surface area contributed by atoms with Crippen LogP contribution in [0.5, 0.6) is 5.75 Å². The average Bonchev–Trinajstić information content (AvgIpc) is 3.23. The fourth-order valence-corrected chi connectivity index (χ4v) is 4.38. The number of hydrogen-bond acceptors (Lipinski definition) is 3. The van der Waals surface area contributed by atoms with Crippen LogP contribution in [0.3, 0.4) is 0 Å². The topological polar surface area (TPSA) is 44.6 Å². The SMILES string of the molecule is Oc1ccccc1C=Nc1ccc(C2Nc3ccccc3C3C=CCC32)cc1. The third kappa shape index (κ3) is 2.99. The van der Waals surface area contributed by atoms with Crippen molar-refractivity contribution >= 4 is 17.6 Å². The van der Waals surface area contributed by atoms with Crippen molar-refractivity contribution in [3.8, 4) is 5.75 Å². The number of para-hydroxylation sites is 2. The highest BCUT2D eigenvalue weighted by Gasteiger charge is 2.37. The van der Waals surface area contributed by atoms with Crippen molar-refractivity contribution in [2.75, 3.05) is 5.32 Å². The van der Waals surface area contributed by atoms with E-state index in [0.29, 0.717) is 17.9 Å². The summed E-state index contributed by atoms with van der Waals surface area (Å²) in [5, 5.41) is 13.6. The molecule has 3 nitrogen and oxygen atoms in total. The highest BCUT2D eigenvalue weighted by atomic mass is 16.3. The first-order valence-electron chi connectivity index (χ1n) is 9.74. The summed E-state index contributed by atoms with van der Waals surface area (Å²) in [6.07, 6.45) is 7.49. The molecule has 2 aliphatic rings. The van der Waals surface area contributed by atoms with Crippen molar-refractivity contribution in [2.24, 2.45) is 10.9 Å². The third-order valence-electron chi connectivity index (χ3n) is 5.81. The number of nitrogens with one attached hydrogen (secondary N) is 1. The molecule has 3 heteroatoms. The van der Waals surface area contributed by atoms with E-state index in [1.807, 2.05) is 30.3 Å². The fourth-order valence-electron chi connectivity index (χ4n) is 4.38. The minimum Gasteiger partial charge on any atom is -0.507 e. The quantitative estimate of drug-likeness (QED) is 0.443. The summed E-state index contributed by atoms with van der Waals surface area (Å²) >= 11 is 0. The van der Waals surface area contributed by atoms with Gasteiger partial charge in [-0.05, 0) is 53.8 Å². The summed E-state index contributed by atoms with van der Waals surface area (Å²) in [6, 6.07) is 24.6. The van der Waals surface area contributed by atoms with Crippen LogP contribution in [0.2, 0.25) is 0 Å². The van der Waals surface area contributed by atoms with Gasteiger partial charge in [0.25, 0.3) is 0 Å². The number of rotatable bonds is 3. The minimum atomic E-state index is 0.243. The molecule has 0 saturated heterocycles. The molecule has 0 spiro atoms. The number of phenolic OH excluding ortho intramolecular Hbond substituents is 1. The Hall–Kier alpha value is -3.33. The van der Waals surface area contributed by atoms with Gasteiger partial charge in [-0.15, -0.1) is 0 Å². The van der Waals surface area contributed by atoms with E-state index in [4.69, 9.17) is 0 Å². The van der Waals surface area contributed by atoms with E-state index >= 15 is 0 Å². The average molecular weight is 366 g/mol. The first kappa shape index (κ1) is 16.8. The maximum Gasteiger partial charge on any atom is 0.124 e. The normalized spacial score (nSPS) is 22.6. The number of hydrogen-bond donors (Lipinski definition) is 2. The van der Waals surface area contributed by atoms with E-state index in [0.717, 1.165) is 17.7 Å². The van der Waals surface area contributed by atoms with Crippen LogP contribution in [0.25, 0.3) is 0 Å². The molecule has 0 bridgehead atoms. The summed E-state index contributed by atoms with van der Waals surface area (Å²) in [4.78, 5) is 4.51. The molecule has 5 rings (SSSR count). The highest BCUT2D eigenvalue weighted by Crippen LogP contribution is 2.49. The van der Waals surface area contributed by atoms with Crippen molar-refractivity contribution < 1.29 is 5.11 Å². The van der Waals surface area contributed by atoms with Crippen LogP contribution in [0.4, 0.5) is 11.4 Å². The largest absolute Gasteiger partial charge is 0.507 e. The van der Waals surface area contributed by atoms with E-state index in [-0.39, 0.29) is 5.75 Å². The van der Waals surface area contributed by atoms with Gasteiger partial charge in [0.05, 0.1) is 11.7 Å². The first-order valence-corrected chi connectivity index (χ1v) is 9.74. The highest BCUT2D eigenvalue weighted by molar-refractivity contribution is 5.85. The molecule has 1 aliphatic carbocycles.